The van der Waals surface area contributed by atoms with Crippen LogP contribution in [0.15, 0.2) is 0 Å². The second-order valence-electron chi connectivity index (χ2n) is 2.65. The Kier molecular flexibility index (Phi) is 2.63. The van der Waals surface area contributed by atoms with Gasteiger partial charge < -0.3 is 25.8 Å². The first kappa shape index (κ1) is 9.40. The van der Waals surface area contributed by atoms with Crippen molar-refractivity contribution in [1.82, 2.24) is 0 Å². The molecule has 1 heterocycles. The highest BCUT2D eigenvalue weighted by Crippen LogP contribution is 2.20. The number of aliphatic carboxylic acids is 1. The number of rotatable bonds is 2. The summed E-state index contributed by atoms with van der Waals surface area (Å²) in [4.78, 5) is 10.4. The number of aliphatic hydroxyl groups is 2. The number of carboxylic acids is 1. The Hall–Kier alpha value is -0.690. The Morgan fingerprint density at radius 1 is 1.42 bits per heavy atom. The predicted octanol–water partition coefficient (Wildman–Crippen LogP) is -2.48. The normalized spacial score (nSPS) is 41.6. The Bertz CT molecular complexity index is 185. The molecule has 0 aliphatic carbocycles. The topological polar surface area (TPSA) is 113 Å². The van der Waals surface area contributed by atoms with Crippen LogP contribution in [0, 0.1) is 0 Å². The fourth-order valence-electron chi connectivity index (χ4n) is 1.15. The molecule has 0 aromatic carbocycles. The van der Waals surface area contributed by atoms with E-state index in [1.165, 1.54) is 0 Å². The highest BCUT2D eigenvalue weighted by atomic mass is 16.6. The third-order valence-corrected chi connectivity index (χ3v) is 1.84. The SMILES string of the molecule is NC[C@H]1O[C@H](C(=O)O)[C@@H](O)[C@@H]1O. The minimum absolute atomic E-state index is 0.0119. The lowest BCUT2D eigenvalue weighted by molar-refractivity contribution is -0.153. The number of nitrogens with two attached hydrogens (primary N) is 1. The maximum Gasteiger partial charge on any atom is 0.335 e. The largest absolute Gasteiger partial charge is 0.479 e. The summed E-state index contributed by atoms with van der Waals surface area (Å²) >= 11 is 0. The third kappa shape index (κ3) is 1.42. The molecule has 5 N–H and O–H groups in total. The lowest BCUT2D eigenvalue weighted by atomic mass is 10.1. The smallest absolute Gasteiger partial charge is 0.335 e. The molecule has 0 saturated carbocycles. The summed E-state index contributed by atoms with van der Waals surface area (Å²) in [6, 6.07) is 0. The quantitative estimate of drug-likeness (QED) is 0.371. The maximum absolute atomic E-state index is 10.4. The van der Waals surface area contributed by atoms with Gasteiger partial charge in [0.15, 0.2) is 6.10 Å². The van der Waals surface area contributed by atoms with Crippen molar-refractivity contribution in [3.8, 4) is 0 Å². The van der Waals surface area contributed by atoms with E-state index < -0.39 is 30.4 Å². The van der Waals surface area contributed by atoms with E-state index in [1.807, 2.05) is 0 Å². The van der Waals surface area contributed by atoms with Gasteiger partial charge in [0.05, 0.1) is 6.10 Å². The standard InChI is InChI=1S/C6H11NO5/c7-1-2-3(8)4(9)5(12-2)6(10)11/h2-5,8-9H,1,7H2,(H,10,11)/t2-,3-,4+,5+/m1/s1. The number of carboxylic acid groups (broad SMARTS) is 1. The maximum atomic E-state index is 10.4. The van der Waals surface area contributed by atoms with Gasteiger partial charge in [-0.25, -0.2) is 4.79 Å². The summed E-state index contributed by atoms with van der Waals surface area (Å²) < 4.78 is 4.77. The molecule has 1 saturated heterocycles. The number of hydrogen-bond acceptors (Lipinski definition) is 5. The van der Waals surface area contributed by atoms with Gasteiger partial charge >= 0.3 is 5.97 Å². The van der Waals surface area contributed by atoms with Crippen molar-refractivity contribution in [2.75, 3.05) is 6.54 Å². The molecule has 12 heavy (non-hydrogen) atoms. The van der Waals surface area contributed by atoms with E-state index in [0.29, 0.717) is 0 Å². The summed E-state index contributed by atoms with van der Waals surface area (Å²) in [5.41, 5.74) is 5.16. The van der Waals surface area contributed by atoms with Crippen LogP contribution in [-0.2, 0) is 9.53 Å². The average Bonchev–Trinajstić information content (AvgIpc) is 2.30. The highest BCUT2D eigenvalue weighted by Gasteiger charge is 2.45. The lowest BCUT2D eigenvalue weighted by Crippen LogP contribution is -2.37. The summed E-state index contributed by atoms with van der Waals surface area (Å²) in [7, 11) is 0. The molecule has 1 fully saturated rings. The zero-order valence-corrected chi connectivity index (χ0v) is 6.25. The van der Waals surface area contributed by atoms with E-state index in [0.717, 1.165) is 0 Å². The molecule has 0 aromatic rings. The van der Waals surface area contributed by atoms with Gasteiger partial charge in [0.1, 0.15) is 12.2 Å². The molecule has 0 unspecified atom stereocenters. The monoisotopic (exact) mass is 177 g/mol. The van der Waals surface area contributed by atoms with E-state index >= 15 is 0 Å². The molecule has 0 aromatic heterocycles. The Morgan fingerprint density at radius 3 is 2.25 bits per heavy atom. The van der Waals surface area contributed by atoms with Crippen LogP contribution in [0.2, 0.25) is 0 Å². The molecular formula is C6H11NO5. The molecule has 1 rings (SSSR count). The molecule has 70 valence electrons. The number of ether oxygens (including phenoxy) is 1. The number of hydrogen-bond donors (Lipinski definition) is 4. The van der Waals surface area contributed by atoms with Crippen LogP contribution in [-0.4, -0.2) is 52.2 Å². The van der Waals surface area contributed by atoms with E-state index in [2.05, 4.69) is 0 Å². The molecule has 1 aliphatic rings. The first-order valence-corrected chi connectivity index (χ1v) is 3.52. The van der Waals surface area contributed by atoms with Gasteiger partial charge in [-0.3, -0.25) is 0 Å². The lowest BCUT2D eigenvalue weighted by Gasteiger charge is -2.10. The van der Waals surface area contributed by atoms with Gasteiger partial charge in [0.2, 0.25) is 0 Å². The van der Waals surface area contributed by atoms with Crippen LogP contribution in [0.4, 0.5) is 0 Å². The van der Waals surface area contributed by atoms with Gasteiger partial charge in [-0.15, -0.1) is 0 Å². The van der Waals surface area contributed by atoms with Gasteiger partial charge in [0, 0.05) is 6.54 Å². The Balaban J connectivity index is 2.66. The van der Waals surface area contributed by atoms with E-state index in [9.17, 15) is 4.79 Å². The molecular weight excluding hydrogens is 166 g/mol. The predicted molar refractivity (Wildman–Crippen MR) is 37.4 cm³/mol. The molecule has 4 atom stereocenters. The van der Waals surface area contributed by atoms with Crippen LogP contribution < -0.4 is 5.73 Å². The average molecular weight is 177 g/mol. The molecule has 6 nitrogen and oxygen atoms in total. The molecule has 6 heteroatoms. The first-order valence-electron chi connectivity index (χ1n) is 3.52. The molecule has 0 radical (unpaired) electrons. The van der Waals surface area contributed by atoms with Crippen LogP contribution in [0.3, 0.4) is 0 Å². The van der Waals surface area contributed by atoms with Crippen molar-refractivity contribution < 1.29 is 24.9 Å². The van der Waals surface area contributed by atoms with Crippen LogP contribution in [0.1, 0.15) is 0 Å². The fourth-order valence-corrected chi connectivity index (χ4v) is 1.15. The van der Waals surface area contributed by atoms with Crippen LogP contribution in [0.5, 0.6) is 0 Å². The molecule has 1 aliphatic heterocycles. The van der Waals surface area contributed by atoms with Crippen molar-refractivity contribution in [1.29, 1.82) is 0 Å². The van der Waals surface area contributed by atoms with Crippen molar-refractivity contribution >= 4 is 5.97 Å². The Labute approximate surface area is 68.6 Å². The summed E-state index contributed by atoms with van der Waals surface area (Å²) in [5, 5.41) is 26.8. The highest BCUT2D eigenvalue weighted by molar-refractivity contribution is 5.73. The van der Waals surface area contributed by atoms with Crippen LogP contribution in [0.25, 0.3) is 0 Å². The Morgan fingerprint density at radius 2 is 2.00 bits per heavy atom. The minimum Gasteiger partial charge on any atom is -0.479 e. The van der Waals surface area contributed by atoms with Gasteiger partial charge in [-0.05, 0) is 0 Å². The zero-order chi connectivity index (χ0) is 9.30. The van der Waals surface area contributed by atoms with E-state index in [4.69, 9.17) is 25.8 Å². The second-order valence-corrected chi connectivity index (χ2v) is 2.65. The van der Waals surface area contributed by atoms with E-state index in [-0.39, 0.29) is 6.54 Å². The minimum atomic E-state index is -1.39. The number of carbonyl (C=O) groups is 1. The first-order chi connectivity index (χ1) is 5.57. The summed E-state index contributed by atoms with van der Waals surface area (Å²) in [6.07, 6.45) is -4.76. The zero-order valence-electron chi connectivity index (χ0n) is 6.25. The molecule has 0 amide bonds. The molecule has 0 spiro atoms. The fraction of sp³-hybridized carbons (Fsp3) is 0.833. The van der Waals surface area contributed by atoms with Crippen LogP contribution >= 0.6 is 0 Å². The van der Waals surface area contributed by atoms with Crippen molar-refractivity contribution in [2.45, 2.75) is 24.4 Å². The van der Waals surface area contributed by atoms with E-state index in [1.54, 1.807) is 0 Å². The second kappa shape index (κ2) is 3.36. The summed E-state index contributed by atoms with van der Waals surface area (Å²) in [5.74, 6) is -1.29. The van der Waals surface area contributed by atoms with Gasteiger partial charge in [0.25, 0.3) is 0 Å². The number of aliphatic hydroxyl groups excluding tert-OH is 2. The van der Waals surface area contributed by atoms with Gasteiger partial charge in [-0.1, -0.05) is 0 Å². The molecule has 0 bridgehead atoms. The van der Waals surface area contributed by atoms with Crippen molar-refractivity contribution in [3.63, 3.8) is 0 Å². The summed E-state index contributed by atoms with van der Waals surface area (Å²) in [6.45, 7) is -0.0119. The third-order valence-electron chi connectivity index (χ3n) is 1.84. The van der Waals surface area contributed by atoms with Crippen molar-refractivity contribution in [2.24, 2.45) is 5.73 Å². The van der Waals surface area contributed by atoms with Crippen molar-refractivity contribution in [3.05, 3.63) is 0 Å². The van der Waals surface area contributed by atoms with Gasteiger partial charge in [-0.2, -0.15) is 0 Å².